The quantitative estimate of drug-likeness (QED) is 0.169. The largest absolute Gasteiger partial charge is 0.494 e. The Balaban J connectivity index is 0.00000337. The Morgan fingerprint density at radius 3 is 2.56 bits per heavy atom. The molecule has 0 saturated heterocycles. The number of rotatable bonds is 8. The van der Waals surface area contributed by atoms with Crippen molar-refractivity contribution in [3.8, 4) is 22.9 Å². The first-order valence-corrected chi connectivity index (χ1v) is 13.7. The predicted molar refractivity (Wildman–Crippen MR) is 163 cm³/mol. The molecule has 1 aliphatic carbocycles. The Bertz CT molecular complexity index is 1660. The van der Waals surface area contributed by atoms with Gasteiger partial charge in [-0.3, -0.25) is 4.79 Å². The van der Waals surface area contributed by atoms with Crippen molar-refractivity contribution in [1.29, 1.82) is 0 Å². The van der Waals surface area contributed by atoms with E-state index >= 15 is 0 Å². The van der Waals surface area contributed by atoms with Crippen LogP contribution in [-0.4, -0.2) is 46.3 Å². The topological polar surface area (TPSA) is 109 Å². The van der Waals surface area contributed by atoms with E-state index in [0.29, 0.717) is 58.1 Å². The second-order valence-electron chi connectivity index (χ2n) is 10.3. The molecular weight excluding hydrogens is 540 g/mol. The first-order valence-electron chi connectivity index (χ1n) is 13.7. The Hall–Kier alpha value is -4.14. The van der Waals surface area contributed by atoms with Crippen molar-refractivity contribution in [1.82, 2.24) is 15.0 Å². The van der Waals surface area contributed by atoms with Crippen molar-refractivity contribution >= 4 is 45.8 Å². The molecule has 6 rings (SSSR count). The van der Waals surface area contributed by atoms with Gasteiger partial charge in [0, 0.05) is 40.7 Å². The van der Waals surface area contributed by atoms with Crippen molar-refractivity contribution in [2.45, 2.75) is 38.0 Å². The van der Waals surface area contributed by atoms with Crippen LogP contribution in [0.4, 0.5) is 5.69 Å². The van der Waals surface area contributed by atoms with E-state index in [2.05, 4.69) is 32.4 Å². The Morgan fingerprint density at radius 1 is 0.976 bits per heavy atom. The van der Waals surface area contributed by atoms with E-state index in [1.807, 2.05) is 30.3 Å². The highest BCUT2D eigenvalue weighted by Crippen LogP contribution is 2.39. The van der Waals surface area contributed by atoms with Crippen LogP contribution in [-0.2, 0) is 4.74 Å². The van der Waals surface area contributed by atoms with Crippen LogP contribution in [0.15, 0.2) is 67.0 Å². The molecule has 0 radical (unpaired) electrons. The number of aromatic hydroxyl groups is 1. The molecule has 41 heavy (non-hydrogen) atoms. The summed E-state index contributed by atoms with van der Waals surface area (Å²) in [6.45, 7) is 0.913. The zero-order valence-electron chi connectivity index (χ0n) is 22.9. The van der Waals surface area contributed by atoms with E-state index < -0.39 is 0 Å². The molecule has 2 aromatic heterocycles. The lowest BCUT2D eigenvalue weighted by molar-refractivity contribution is 0.102. The first kappa shape index (κ1) is 28.4. The number of nitrogens with zero attached hydrogens (tertiary/aromatic N) is 2. The number of benzene rings is 3. The number of amides is 1. The van der Waals surface area contributed by atoms with Crippen LogP contribution in [0.1, 0.15) is 53.9 Å². The lowest BCUT2D eigenvalue weighted by atomic mass is 9.84. The van der Waals surface area contributed by atoms with E-state index in [0.717, 1.165) is 11.1 Å². The number of methoxy groups -OCH3 is 1. The molecule has 1 saturated carbocycles. The summed E-state index contributed by atoms with van der Waals surface area (Å²) >= 11 is 0. The third-order valence-electron chi connectivity index (χ3n) is 7.69. The van der Waals surface area contributed by atoms with Gasteiger partial charge in [0.05, 0.1) is 23.4 Å². The summed E-state index contributed by atoms with van der Waals surface area (Å²) in [7, 11) is 1.63. The fourth-order valence-corrected chi connectivity index (χ4v) is 5.61. The molecular formula is C32H33ClN4O4. The Kier molecular flexibility index (Phi) is 8.71. The lowest BCUT2D eigenvalue weighted by Gasteiger charge is -2.22. The van der Waals surface area contributed by atoms with Crippen LogP contribution in [0.5, 0.6) is 11.6 Å². The molecule has 0 unspecified atom stereocenters. The van der Waals surface area contributed by atoms with Gasteiger partial charge in [-0.1, -0.05) is 31.4 Å². The van der Waals surface area contributed by atoms with Crippen LogP contribution in [0, 0.1) is 0 Å². The zero-order valence-corrected chi connectivity index (χ0v) is 23.7. The van der Waals surface area contributed by atoms with Crippen molar-refractivity contribution in [3.05, 3.63) is 78.1 Å². The predicted octanol–water partition coefficient (Wildman–Crippen LogP) is 7.23. The third-order valence-corrected chi connectivity index (χ3v) is 7.69. The van der Waals surface area contributed by atoms with Crippen LogP contribution in [0.2, 0.25) is 0 Å². The molecule has 3 N–H and O–H groups in total. The molecule has 9 heteroatoms. The van der Waals surface area contributed by atoms with Crippen molar-refractivity contribution < 1.29 is 19.4 Å². The Morgan fingerprint density at radius 2 is 1.78 bits per heavy atom. The van der Waals surface area contributed by atoms with E-state index in [4.69, 9.17) is 9.47 Å². The van der Waals surface area contributed by atoms with E-state index in [-0.39, 0.29) is 24.2 Å². The standard InChI is InChI=1S/C32H32N4O4.ClH/c1-39-15-16-40-24-12-13-25-28(18-24)33-19-34-30(25)29-26-17-22(9-14-27(26)36-32(29)38)31(37)35-23-10-7-21(8-11-23)20-5-3-2-4-6-20;/h7-14,17-20,36,38H,2-6,15-16H2,1H3,(H,35,37);1H. The number of carbonyl (C=O) groups excluding carboxylic acids is 1. The summed E-state index contributed by atoms with van der Waals surface area (Å²) < 4.78 is 10.8. The molecule has 0 spiro atoms. The normalized spacial score (nSPS) is 13.7. The number of aromatic amines is 1. The number of halogens is 1. The zero-order chi connectivity index (χ0) is 27.5. The molecule has 1 aliphatic rings. The van der Waals surface area contributed by atoms with E-state index in [9.17, 15) is 9.90 Å². The molecule has 3 aromatic carbocycles. The molecule has 1 amide bonds. The summed E-state index contributed by atoms with van der Waals surface area (Å²) in [4.78, 5) is 25.1. The van der Waals surface area contributed by atoms with Crippen LogP contribution < -0.4 is 10.1 Å². The summed E-state index contributed by atoms with van der Waals surface area (Å²) in [5.74, 6) is 1.05. The number of ether oxygens (including phenoxy) is 2. The van der Waals surface area contributed by atoms with Crippen LogP contribution >= 0.6 is 12.4 Å². The SMILES string of the molecule is COCCOc1ccc2c(-c3c(O)[nH]c4ccc(C(=O)Nc5ccc(C6CCCCC6)cc5)cc34)ncnc2c1.Cl. The van der Waals surface area contributed by atoms with Gasteiger partial charge in [-0.05, 0) is 66.8 Å². The second kappa shape index (κ2) is 12.6. The number of nitrogens with one attached hydrogen (secondary N) is 2. The first-order chi connectivity index (χ1) is 19.6. The number of H-pyrrole nitrogens is 1. The summed E-state index contributed by atoms with van der Waals surface area (Å²) in [6.07, 6.45) is 7.84. The van der Waals surface area contributed by atoms with Gasteiger partial charge < -0.3 is 24.9 Å². The molecule has 8 nitrogen and oxygen atoms in total. The number of aromatic nitrogens is 3. The minimum absolute atomic E-state index is 0. The van der Waals surface area contributed by atoms with Gasteiger partial charge in [-0.2, -0.15) is 0 Å². The average Bonchev–Trinajstić information content (AvgIpc) is 3.32. The van der Waals surface area contributed by atoms with Gasteiger partial charge in [0.25, 0.3) is 5.91 Å². The minimum Gasteiger partial charge on any atom is -0.494 e. The van der Waals surface area contributed by atoms with Gasteiger partial charge in [0.2, 0.25) is 0 Å². The van der Waals surface area contributed by atoms with Crippen molar-refractivity contribution in [2.75, 3.05) is 25.6 Å². The second-order valence-corrected chi connectivity index (χ2v) is 10.3. The number of hydrogen-bond donors (Lipinski definition) is 3. The van der Waals surface area contributed by atoms with Crippen LogP contribution in [0.25, 0.3) is 33.1 Å². The number of hydrogen-bond acceptors (Lipinski definition) is 6. The maximum Gasteiger partial charge on any atom is 0.255 e. The van der Waals surface area contributed by atoms with Crippen molar-refractivity contribution in [2.24, 2.45) is 0 Å². The maximum absolute atomic E-state index is 13.2. The minimum atomic E-state index is -0.218. The molecule has 212 valence electrons. The van der Waals surface area contributed by atoms with Crippen molar-refractivity contribution in [3.63, 3.8) is 0 Å². The number of fused-ring (bicyclic) bond motifs is 2. The van der Waals surface area contributed by atoms with Gasteiger partial charge in [-0.25, -0.2) is 9.97 Å². The number of carbonyl (C=O) groups is 1. The average molecular weight is 573 g/mol. The smallest absolute Gasteiger partial charge is 0.255 e. The summed E-state index contributed by atoms with van der Waals surface area (Å²) in [6, 6.07) is 19.1. The highest BCUT2D eigenvalue weighted by molar-refractivity contribution is 6.10. The monoisotopic (exact) mass is 572 g/mol. The fraction of sp³-hybridized carbons (Fsp3) is 0.281. The summed E-state index contributed by atoms with van der Waals surface area (Å²) in [5, 5.41) is 15.4. The molecule has 0 aliphatic heterocycles. The number of anilines is 1. The van der Waals surface area contributed by atoms with Gasteiger partial charge in [0.15, 0.2) is 5.88 Å². The fourth-order valence-electron chi connectivity index (χ4n) is 5.61. The van der Waals surface area contributed by atoms with E-state index in [1.165, 1.54) is 44.0 Å². The highest BCUT2D eigenvalue weighted by atomic mass is 35.5. The highest BCUT2D eigenvalue weighted by Gasteiger charge is 2.20. The lowest BCUT2D eigenvalue weighted by Crippen LogP contribution is -2.12. The maximum atomic E-state index is 13.2. The van der Waals surface area contributed by atoms with Gasteiger partial charge >= 0.3 is 0 Å². The third kappa shape index (κ3) is 5.99. The molecule has 2 heterocycles. The Labute approximate surface area is 244 Å². The molecule has 0 atom stereocenters. The van der Waals surface area contributed by atoms with Gasteiger partial charge in [-0.15, -0.1) is 12.4 Å². The molecule has 1 fully saturated rings. The molecule has 5 aromatic rings. The van der Waals surface area contributed by atoms with Gasteiger partial charge in [0.1, 0.15) is 18.7 Å². The molecule has 0 bridgehead atoms. The van der Waals surface area contributed by atoms with Crippen LogP contribution in [0.3, 0.4) is 0 Å². The summed E-state index contributed by atoms with van der Waals surface area (Å²) in [5.41, 5.74) is 5.04. The van der Waals surface area contributed by atoms with E-state index in [1.54, 1.807) is 25.3 Å².